The van der Waals surface area contributed by atoms with E-state index in [0.29, 0.717) is 39.6 Å². The van der Waals surface area contributed by atoms with Crippen LogP contribution in [0, 0.1) is 6.92 Å². The van der Waals surface area contributed by atoms with Crippen molar-refractivity contribution < 1.29 is 4.74 Å². The lowest BCUT2D eigenvalue weighted by atomic mass is 10.1. The second-order valence-corrected chi connectivity index (χ2v) is 5.31. The molecule has 0 saturated carbocycles. The number of hydrogen-bond acceptors (Lipinski definition) is 3. The fraction of sp³-hybridized carbons (Fsp3) is 0.286. The van der Waals surface area contributed by atoms with Crippen molar-refractivity contribution >= 4 is 34.9 Å². The summed E-state index contributed by atoms with van der Waals surface area (Å²) in [4.78, 5) is 4.20. The van der Waals surface area contributed by atoms with Crippen LogP contribution in [-0.2, 0) is 0 Å². The minimum Gasteiger partial charge on any atom is -0.494 e. The van der Waals surface area contributed by atoms with Crippen molar-refractivity contribution in [2.75, 3.05) is 6.61 Å². The molecule has 0 saturated heterocycles. The van der Waals surface area contributed by atoms with Gasteiger partial charge in [-0.05, 0) is 32.9 Å². The first kappa shape index (κ1) is 15.7. The lowest BCUT2D eigenvalue weighted by Gasteiger charge is -2.11. The topological polar surface area (TPSA) is 76.3 Å². The van der Waals surface area contributed by atoms with Crippen molar-refractivity contribution in [2.45, 2.75) is 20.8 Å². The van der Waals surface area contributed by atoms with E-state index in [1.165, 1.54) is 0 Å². The van der Waals surface area contributed by atoms with E-state index in [0.717, 1.165) is 11.3 Å². The van der Waals surface area contributed by atoms with Crippen LogP contribution in [0.4, 0.5) is 5.82 Å². The molecule has 7 heteroatoms. The normalized spacial score (nSPS) is 11.8. The average molecular weight is 327 g/mol. The molecule has 3 N–H and O–H groups in total. The zero-order valence-electron chi connectivity index (χ0n) is 12.0. The van der Waals surface area contributed by atoms with Gasteiger partial charge in [-0.3, -0.25) is 5.10 Å². The molecule has 0 fully saturated rings. The number of ether oxygens (including phenoxy) is 1. The molecule has 1 aromatic heterocycles. The van der Waals surface area contributed by atoms with Gasteiger partial charge in [0, 0.05) is 11.3 Å². The number of halogens is 2. The predicted molar refractivity (Wildman–Crippen MR) is 86.9 cm³/mol. The standard InChI is InChI=1S/C14H16Cl2N4O/c1-4-21-9-5-10(15)13(11(16)6-9)12-7(2)19-20-14(12)18-8(3)17/h5-6H,4H2,1-3H3,(H3,17,18,19,20). The molecular formula is C14H16Cl2N4O. The van der Waals surface area contributed by atoms with Crippen LogP contribution in [0.2, 0.25) is 10.0 Å². The van der Waals surface area contributed by atoms with Gasteiger partial charge in [-0.2, -0.15) is 5.10 Å². The maximum atomic E-state index is 6.36. The zero-order chi connectivity index (χ0) is 15.6. The molecule has 0 atom stereocenters. The molecule has 1 aromatic carbocycles. The Balaban J connectivity index is 2.62. The first-order valence-corrected chi connectivity index (χ1v) is 7.17. The van der Waals surface area contributed by atoms with Gasteiger partial charge in [0.15, 0.2) is 5.82 Å². The molecular weight excluding hydrogens is 311 g/mol. The van der Waals surface area contributed by atoms with Gasteiger partial charge in [0.2, 0.25) is 0 Å². The largest absolute Gasteiger partial charge is 0.494 e. The number of amidine groups is 1. The van der Waals surface area contributed by atoms with E-state index < -0.39 is 0 Å². The smallest absolute Gasteiger partial charge is 0.183 e. The number of aryl methyl sites for hydroxylation is 1. The van der Waals surface area contributed by atoms with Crippen molar-refractivity contribution in [3.8, 4) is 16.9 Å². The molecule has 112 valence electrons. The Kier molecular flexibility index (Phi) is 4.75. The number of aromatic nitrogens is 2. The number of H-pyrrole nitrogens is 1. The number of nitrogens with two attached hydrogens (primary N) is 1. The summed E-state index contributed by atoms with van der Waals surface area (Å²) in [6, 6.07) is 3.45. The monoisotopic (exact) mass is 326 g/mol. The van der Waals surface area contributed by atoms with Crippen LogP contribution in [0.3, 0.4) is 0 Å². The molecule has 1 heterocycles. The Morgan fingerprint density at radius 3 is 2.48 bits per heavy atom. The fourth-order valence-corrected chi connectivity index (χ4v) is 2.66. The van der Waals surface area contributed by atoms with Crippen LogP contribution in [0.1, 0.15) is 19.5 Å². The summed E-state index contributed by atoms with van der Waals surface area (Å²) in [6.07, 6.45) is 0. The highest BCUT2D eigenvalue weighted by molar-refractivity contribution is 6.39. The Hall–Kier alpha value is -1.72. The van der Waals surface area contributed by atoms with E-state index in [-0.39, 0.29) is 0 Å². The Morgan fingerprint density at radius 1 is 1.33 bits per heavy atom. The summed E-state index contributed by atoms with van der Waals surface area (Å²) in [5.41, 5.74) is 7.83. The Labute approximate surface area is 133 Å². The van der Waals surface area contributed by atoms with Gasteiger partial charge in [0.1, 0.15) is 5.75 Å². The van der Waals surface area contributed by atoms with Crippen molar-refractivity contribution in [1.29, 1.82) is 0 Å². The molecule has 5 nitrogen and oxygen atoms in total. The van der Waals surface area contributed by atoms with Crippen LogP contribution in [0.25, 0.3) is 11.1 Å². The van der Waals surface area contributed by atoms with Crippen LogP contribution < -0.4 is 10.5 Å². The maximum absolute atomic E-state index is 6.36. The number of aromatic amines is 1. The van der Waals surface area contributed by atoms with Crippen molar-refractivity contribution in [2.24, 2.45) is 10.7 Å². The van der Waals surface area contributed by atoms with Crippen molar-refractivity contribution in [3.05, 3.63) is 27.9 Å². The fourth-order valence-electron chi connectivity index (χ4n) is 2.00. The summed E-state index contributed by atoms with van der Waals surface area (Å²) in [6.45, 7) is 6.00. The number of nitrogens with one attached hydrogen (secondary N) is 1. The van der Waals surface area contributed by atoms with Gasteiger partial charge in [-0.15, -0.1) is 0 Å². The van der Waals surface area contributed by atoms with E-state index in [4.69, 9.17) is 33.7 Å². The number of benzene rings is 1. The highest BCUT2D eigenvalue weighted by Crippen LogP contribution is 2.42. The quantitative estimate of drug-likeness (QED) is 0.656. The summed E-state index contributed by atoms with van der Waals surface area (Å²) < 4.78 is 5.43. The SMILES string of the molecule is CCOc1cc(Cl)c(-c2c(N=C(C)N)n[nH]c2C)c(Cl)c1. The van der Waals surface area contributed by atoms with Crippen LogP contribution in [0.5, 0.6) is 5.75 Å². The molecule has 0 unspecified atom stereocenters. The molecule has 0 radical (unpaired) electrons. The van der Waals surface area contributed by atoms with Gasteiger partial charge in [0.25, 0.3) is 0 Å². The average Bonchev–Trinajstić information content (AvgIpc) is 2.70. The Bertz CT molecular complexity index is 667. The Morgan fingerprint density at radius 2 is 1.95 bits per heavy atom. The first-order chi connectivity index (χ1) is 9.93. The molecule has 2 rings (SSSR count). The molecule has 2 aromatic rings. The van der Waals surface area contributed by atoms with E-state index in [1.807, 2.05) is 13.8 Å². The van der Waals surface area contributed by atoms with Crippen molar-refractivity contribution in [1.82, 2.24) is 10.2 Å². The predicted octanol–water partition coefficient (Wildman–Crippen LogP) is 4.10. The van der Waals surface area contributed by atoms with E-state index in [2.05, 4.69) is 15.2 Å². The van der Waals surface area contributed by atoms with Crippen LogP contribution in [0.15, 0.2) is 17.1 Å². The summed E-state index contributed by atoms with van der Waals surface area (Å²) in [5, 5.41) is 7.95. The maximum Gasteiger partial charge on any atom is 0.183 e. The molecule has 0 spiro atoms. The highest BCUT2D eigenvalue weighted by atomic mass is 35.5. The molecule has 0 bridgehead atoms. The molecule has 21 heavy (non-hydrogen) atoms. The van der Waals surface area contributed by atoms with E-state index in [9.17, 15) is 0 Å². The summed E-state index contributed by atoms with van der Waals surface area (Å²) in [7, 11) is 0. The third-order valence-electron chi connectivity index (χ3n) is 2.79. The number of aliphatic imine (C=N–C) groups is 1. The van der Waals surface area contributed by atoms with Gasteiger partial charge in [-0.25, -0.2) is 4.99 Å². The molecule has 0 aliphatic heterocycles. The second kappa shape index (κ2) is 6.37. The van der Waals surface area contributed by atoms with Gasteiger partial charge < -0.3 is 10.5 Å². The lowest BCUT2D eigenvalue weighted by Crippen LogP contribution is -2.04. The summed E-state index contributed by atoms with van der Waals surface area (Å²) >= 11 is 12.7. The number of rotatable bonds is 4. The number of hydrogen-bond donors (Lipinski definition) is 2. The van der Waals surface area contributed by atoms with Crippen molar-refractivity contribution in [3.63, 3.8) is 0 Å². The lowest BCUT2D eigenvalue weighted by molar-refractivity contribution is 0.340. The zero-order valence-corrected chi connectivity index (χ0v) is 13.5. The minimum atomic E-state index is 0.404. The third-order valence-corrected chi connectivity index (χ3v) is 3.38. The summed E-state index contributed by atoms with van der Waals surface area (Å²) in [5.74, 6) is 1.49. The molecule has 0 aliphatic rings. The second-order valence-electron chi connectivity index (χ2n) is 4.50. The third kappa shape index (κ3) is 3.31. The molecule has 0 aliphatic carbocycles. The van der Waals surface area contributed by atoms with E-state index in [1.54, 1.807) is 19.1 Å². The van der Waals surface area contributed by atoms with Gasteiger partial charge >= 0.3 is 0 Å². The highest BCUT2D eigenvalue weighted by Gasteiger charge is 2.19. The van der Waals surface area contributed by atoms with Crippen LogP contribution >= 0.6 is 23.2 Å². The molecule has 0 amide bonds. The van der Waals surface area contributed by atoms with Gasteiger partial charge in [-0.1, -0.05) is 23.2 Å². The minimum absolute atomic E-state index is 0.404. The first-order valence-electron chi connectivity index (χ1n) is 6.42. The number of nitrogens with zero attached hydrogens (tertiary/aromatic N) is 2. The van der Waals surface area contributed by atoms with Gasteiger partial charge in [0.05, 0.1) is 28.1 Å². The van der Waals surface area contributed by atoms with Crippen LogP contribution in [-0.4, -0.2) is 22.6 Å². The van der Waals surface area contributed by atoms with E-state index >= 15 is 0 Å².